The topological polar surface area (TPSA) is 108 Å². The Morgan fingerprint density at radius 3 is 2.35 bits per heavy atom. The first kappa shape index (κ1) is 15.2. The van der Waals surface area contributed by atoms with Gasteiger partial charge in [0.05, 0.1) is 17.1 Å². The van der Waals surface area contributed by atoms with Gasteiger partial charge in [0.2, 0.25) is 0 Å². The molecule has 0 amide bonds. The van der Waals surface area contributed by atoms with Crippen molar-refractivity contribution >= 4 is 15.7 Å². The van der Waals surface area contributed by atoms with Crippen molar-refractivity contribution in [3.63, 3.8) is 0 Å². The summed E-state index contributed by atoms with van der Waals surface area (Å²) in [5.74, 6) is 0. The van der Waals surface area contributed by atoms with E-state index < -0.39 is 10.0 Å². The van der Waals surface area contributed by atoms with Crippen LogP contribution in [-0.2, 0) is 17.1 Å². The SMILES string of the molecule is Cc1nn(C)c(C)c1S(=O)(=O)Nc1ccc(-n2cnnn2)cc1. The van der Waals surface area contributed by atoms with E-state index in [-0.39, 0.29) is 4.90 Å². The van der Waals surface area contributed by atoms with Crippen LogP contribution in [0.5, 0.6) is 0 Å². The summed E-state index contributed by atoms with van der Waals surface area (Å²) >= 11 is 0. The van der Waals surface area contributed by atoms with Crippen LogP contribution >= 0.6 is 0 Å². The number of hydrogen-bond acceptors (Lipinski definition) is 6. The van der Waals surface area contributed by atoms with E-state index in [9.17, 15) is 8.42 Å². The first-order valence-electron chi connectivity index (χ1n) is 6.75. The standard InChI is InChI=1S/C13H15N7O2S/c1-9-13(10(2)19(3)15-9)23(21,22)16-11-4-6-12(7-5-11)20-8-14-17-18-20/h4-8,16H,1-3H3. The Morgan fingerprint density at radius 1 is 1.13 bits per heavy atom. The second-order valence-corrected chi connectivity index (χ2v) is 6.65. The van der Waals surface area contributed by atoms with Crippen molar-refractivity contribution in [1.29, 1.82) is 0 Å². The highest BCUT2D eigenvalue weighted by Crippen LogP contribution is 2.22. The van der Waals surface area contributed by atoms with Crippen molar-refractivity contribution in [3.8, 4) is 5.69 Å². The first-order chi connectivity index (χ1) is 10.9. The number of sulfonamides is 1. The molecule has 120 valence electrons. The van der Waals surface area contributed by atoms with Crippen molar-refractivity contribution in [2.75, 3.05) is 4.72 Å². The third-order valence-electron chi connectivity index (χ3n) is 3.44. The van der Waals surface area contributed by atoms with Gasteiger partial charge in [-0.2, -0.15) is 5.10 Å². The smallest absolute Gasteiger partial charge is 0.265 e. The largest absolute Gasteiger partial charge is 0.280 e. The maximum atomic E-state index is 12.6. The van der Waals surface area contributed by atoms with Crippen LogP contribution in [0.3, 0.4) is 0 Å². The monoisotopic (exact) mass is 333 g/mol. The van der Waals surface area contributed by atoms with Gasteiger partial charge in [-0.25, -0.2) is 13.1 Å². The maximum Gasteiger partial charge on any atom is 0.265 e. The minimum Gasteiger partial charge on any atom is -0.280 e. The average molecular weight is 333 g/mol. The van der Waals surface area contributed by atoms with Crippen molar-refractivity contribution in [3.05, 3.63) is 42.0 Å². The quantitative estimate of drug-likeness (QED) is 0.757. The molecule has 1 N–H and O–H groups in total. The molecule has 3 rings (SSSR count). The van der Waals surface area contributed by atoms with Crippen molar-refractivity contribution in [1.82, 2.24) is 30.0 Å². The molecule has 9 nitrogen and oxygen atoms in total. The summed E-state index contributed by atoms with van der Waals surface area (Å²) in [5.41, 5.74) is 2.22. The van der Waals surface area contributed by atoms with Crippen LogP contribution < -0.4 is 4.72 Å². The number of hydrogen-bond donors (Lipinski definition) is 1. The van der Waals surface area contributed by atoms with E-state index in [1.807, 2.05) is 0 Å². The van der Waals surface area contributed by atoms with E-state index >= 15 is 0 Å². The molecule has 3 aromatic rings. The highest BCUT2D eigenvalue weighted by molar-refractivity contribution is 7.92. The lowest BCUT2D eigenvalue weighted by atomic mass is 10.3. The van der Waals surface area contributed by atoms with Crippen LogP contribution in [0.4, 0.5) is 5.69 Å². The van der Waals surface area contributed by atoms with Gasteiger partial charge in [-0.1, -0.05) is 0 Å². The molecule has 0 bridgehead atoms. The van der Waals surface area contributed by atoms with Crippen LogP contribution in [0, 0.1) is 13.8 Å². The molecular formula is C13H15N7O2S. The second kappa shape index (κ2) is 5.47. The fourth-order valence-electron chi connectivity index (χ4n) is 2.31. The Labute approximate surface area is 133 Å². The molecular weight excluding hydrogens is 318 g/mol. The lowest BCUT2D eigenvalue weighted by Crippen LogP contribution is -2.15. The molecule has 0 radical (unpaired) electrons. The Kier molecular flexibility index (Phi) is 3.60. The van der Waals surface area contributed by atoms with Crippen molar-refractivity contribution in [2.24, 2.45) is 7.05 Å². The predicted molar refractivity (Wildman–Crippen MR) is 82.6 cm³/mol. The summed E-state index contributed by atoms with van der Waals surface area (Å²) in [5, 5.41) is 15.0. The molecule has 0 aliphatic heterocycles. The Bertz CT molecular complexity index is 928. The number of nitrogens with one attached hydrogen (secondary N) is 1. The van der Waals surface area contributed by atoms with E-state index in [1.165, 1.54) is 11.0 Å². The van der Waals surface area contributed by atoms with Gasteiger partial charge in [0.1, 0.15) is 11.2 Å². The second-order valence-electron chi connectivity index (χ2n) is 5.03. The van der Waals surface area contributed by atoms with Gasteiger partial charge in [0, 0.05) is 12.7 Å². The number of benzene rings is 1. The van der Waals surface area contributed by atoms with E-state index in [1.54, 1.807) is 49.8 Å². The third kappa shape index (κ3) is 2.80. The lowest BCUT2D eigenvalue weighted by Gasteiger charge is -2.09. The van der Waals surface area contributed by atoms with Gasteiger partial charge in [-0.05, 0) is 48.5 Å². The molecule has 0 fully saturated rings. The minimum absolute atomic E-state index is 0.199. The zero-order chi connectivity index (χ0) is 16.6. The molecule has 0 aliphatic carbocycles. The van der Waals surface area contributed by atoms with Crippen LogP contribution in [-0.4, -0.2) is 38.4 Å². The van der Waals surface area contributed by atoms with Gasteiger partial charge in [-0.3, -0.25) is 9.40 Å². The van der Waals surface area contributed by atoms with Gasteiger partial charge in [0.15, 0.2) is 0 Å². The Morgan fingerprint density at radius 2 is 1.83 bits per heavy atom. The number of nitrogens with zero attached hydrogens (tertiary/aromatic N) is 6. The summed E-state index contributed by atoms with van der Waals surface area (Å²) in [6.45, 7) is 3.39. The van der Waals surface area contributed by atoms with Gasteiger partial charge in [0.25, 0.3) is 10.0 Å². The van der Waals surface area contributed by atoms with Crippen LogP contribution in [0.1, 0.15) is 11.4 Å². The summed E-state index contributed by atoms with van der Waals surface area (Å²) in [7, 11) is -1.99. The van der Waals surface area contributed by atoms with E-state index in [4.69, 9.17) is 0 Å². The fourth-order valence-corrected chi connectivity index (χ4v) is 3.81. The first-order valence-corrected chi connectivity index (χ1v) is 8.23. The van der Waals surface area contributed by atoms with Gasteiger partial charge >= 0.3 is 0 Å². The van der Waals surface area contributed by atoms with Gasteiger partial charge < -0.3 is 0 Å². The number of tetrazole rings is 1. The molecule has 23 heavy (non-hydrogen) atoms. The summed E-state index contributed by atoms with van der Waals surface area (Å²) in [4.78, 5) is 0.199. The minimum atomic E-state index is -3.70. The van der Waals surface area contributed by atoms with E-state index in [0.29, 0.717) is 17.1 Å². The van der Waals surface area contributed by atoms with Crippen LogP contribution in [0.2, 0.25) is 0 Å². The zero-order valence-corrected chi connectivity index (χ0v) is 13.6. The Balaban J connectivity index is 1.89. The number of rotatable bonds is 4. The normalized spacial score (nSPS) is 11.6. The molecule has 10 heteroatoms. The molecule has 1 aromatic carbocycles. The van der Waals surface area contributed by atoms with Gasteiger partial charge in [-0.15, -0.1) is 5.10 Å². The van der Waals surface area contributed by atoms with E-state index in [0.717, 1.165) is 5.69 Å². The molecule has 0 atom stereocenters. The van der Waals surface area contributed by atoms with Crippen molar-refractivity contribution < 1.29 is 8.42 Å². The predicted octanol–water partition coefficient (Wildman–Crippen LogP) is 0.813. The molecule has 0 spiro atoms. The number of aromatic nitrogens is 6. The molecule has 0 saturated heterocycles. The summed E-state index contributed by atoms with van der Waals surface area (Å²) < 4.78 is 30.7. The summed E-state index contributed by atoms with van der Waals surface area (Å²) in [6.07, 6.45) is 1.46. The molecule has 0 unspecified atom stereocenters. The highest BCUT2D eigenvalue weighted by atomic mass is 32.2. The molecule has 0 aliphatic rings. The van der Waals surface area contributed by atoms with Crippen LogP contribution in [0.15, 0.2) is 35.5 Å². The lowest BCUT2D eigenvalue weighted by molar-refractivity contribution is 0.599. The number of aryl methyl sites for hydroxylation is 2. The fraction of sp³-hybridized carbons (Fsp3) is 0.231. The van der Waals surface area contributed by atoms with Crippen molar-refractivity contribution in [2.45, 2.75) is 18.7 Å². The number of anilines is 1. The third-order valence-corrected chi connectivity index (χ3v) is 5.08. The highest BCUT2D eigenvalue weighted by Gasteiger charge is 2.23. The summed E-state index contributed by atoms with van der Waals surface area (Å²) in [6, 6.07) is 6.74. The molecule has 2 heterocycles. The Hall–Kier alpha value is -2.75. The van der Waals surface area contributed by atoms with Crippen LogP contribution in [0.25, 0.3) is 5.69 Å². The maximum absolute atomic E-state index is 12.6. The molecule has 2 aromatic heterocycles. The van der Waals surface area contributed by atoms with E-state index in [2.05, 4.69) is 25.3 Å². The zero-order valence-electron chi connectivity index (χ0n) is 12.8. The average Bonchev–Trinajstić information content (AvgIpc) is 3.09. The molecule has 0 saturated carbocycles.